The van der Waals surface area contributed by atoms with Crippen molar-refractivity contribution in [2.75, 3.05) is 18.5 Å². The maximum Gasteiger partial charge on any atom is 0.246 e. The van der Waals surface area contributed by atoms with E-state index in [4.69, 9.17) is 21.4 Å². The highest BCUT2D eigenvalue weighted by Gasteiger charge is 2.12. The first-order valence-electron chi connectivity index (χ1n) is 6.84. The lowest BCUT2D eigenvalue weighted by Crippen LogP contribution is -2.20. The number of carbonyl (C=O) groups excluding carboxylic acids is 1. The summed E-state index contributed by atoms with van der Waals surface area (Å²) in [4.78, 5) is 12.0. The van der Waals surface area contributed by atoms with E-state index in [1.165, 1.54) is 0 Å². The molecule has 0 saturated carbocycles. The number of hydrogen-bond acceptors (Lipinski definition) is 4. The predicted molar refractivity (Wildman–Crippen MR) is 84.4 cm³/mol. The number of amides is 1. The van der Waals surface area contributed by atoms with Gasteiger partial charge >= 0.3 is 0 Å². The molecule has 6 nitrogen and oxygen atoms in total. The lowest BCUT2D eigenvalue weighted by atomic mass is 10.3. The number of benzene rings is 1. The quantitative estimate of drug-likeness (QED) is 0.854. The highest BCUT2D eigenvalue weighted by molar-refractivity contribution is 6.31. The van der Waals surface area contributed by atoms with Crippen molar-refractivity contribution in [1.29, 1.82) is 0 Å². The molecule has 0 aliphatic rings. The molecule has 0 spiro atoms. The Hall–Kier alpha value is -2.05. The molecule has 0 saturated heterocycles. The van der Waals surface area contributed by atoms with Crippen molar-refractivity contribution in [1.82, 2.24) is 9.78 Å². The molecule has 2 aromatic rings. The molecule has 1 aromatic carbocycles. The van der Waals surface area contributed by atoms with Gasteiger partial charge in [-0.25, -0.2) is 0 Å². The number of aryl methyl sites for hydroxylation is 1. The molecule has 0 bridgehead atoms. The Morgan fingerprint density at radius 3 is 2.59 bits per heavy atom. The van der Waals surface area contributed by atoms with E-state index in [1.54, 1.807) is 35.9 Å². The van der Waals surface area contributed by atoms with Gasteiger partial charge in [-0.2, -0.15) is 5.10 Å². The third-order valence-corrected chi connectivity index (χ3v) is 3.63. The number of aliphatic hydroxyl groups is 1. The number of nitrogens with one attached hydrogen (secondary N) is 1. The van der Waals surface area contributed by atoms with Gasteiger partial charge in [-0.3, -0.25) is 9.48 Å². The first-order chi connectivity index (χ1) is 10.5. The van der Waals surface area contributed by atoms with E-state index in [0.717, 1.165) is 5.69 Å². The van der Waals surface area contributed by atoms with Gasteiger partial charge in [-0.15, -0.1) is 0 Å². The monoisotopic (exact) mass is 323 g/mol. The Balaban J connectivity index is 1.95. The maximum atomic E-state index is 12.0. The highest BCUT2D eigenvalue weighted by Crippen LogP contribution is 2.19. The first kappa shape index (κ1) is 16.3. The van der Waals surface area contributed by atoms with Gasteiger partial charge in [0, 0.05) is 5.69 Å². The third-order valence-electron chi connectivity index (χ3n) is 3.08. The Labute approximate surface area is 133 Å². The molecule has 0 radical (unpaired) electrons. The number of aliphatic hydroxyl groups excluding tert-OH is 1. The van der Waals surface area contributed by atoms with E-state index in [-0.39, 0.29) is 25.7 Å². The second kappa shape index (κ2) is 7.29. The molecule has 2 rings (SSSR count). The van der Waals surface area contributed by atoms with E-state index in [0.29, 0.717) is 22.2 Å². The first-order valence-corrected chi connectivity index (χ1v) is 7.22. The Morgan fingerprint density at radius 2 is 2.05 bits per heavy atom. The molecule has 1 heterocycles. The predicted octanol–water partition coefficient (Wildman–Crippen LogP) is 2.16. The number of hydrogen-bond donors (Lipinski definition) is 2. The third kappa shape index (κ3) is 3.99. The highest BCUT2D eigenvalue weighted by atomic mass is 35.5. The summed E-state index contributed by atoms with van der Waals surface area (Å²) in [5.41, 5.74) is 2.13. The summed E-state index contributed by atoms with van der Waals surface area (Å²) in [5.74, 6) is 0.448. The smallest absolute Gasteiger partial charge is 0.246 e. The van der Waals surface area contributed by atoms with E-state index in [2.05, 4.69) is 10.4 Å². The number of nitrogens with zero attached hydrogens (tertiary/aromatic N) is 2. The van der Waals surface area contributed by atoms with E-state index in [1.807, 2.05) is 6.92 Å². The van der Waals surface area contributed by atoms with Crippen molar-refractivity contribution >= 4 is 23.2 Å². The van der Waals surface area contributed by atoms with Crippen molar-refractivity contribution < 1.29 is 14.6 Å². The van der Waals surface area contributed by atoms with Crippen LogP contribution >= 0.6 is 11.6 Å². The largest absolute Gasteiger partial charge is 0.491 e. The second-order valence-corrected chi connectivity index (χ2v) is 5.17. The molecule has 2 N–H and O–H groups in total. The van der Waals surface area contributed by atoms with Gasteiger partial charge in [-0.1, -0.05) is 11.6 Å². The molecule has 0 unspecified atom stereocenters. The number of ether oxygens (including phenoxy) is 1. The fourth-order valence-electron chi connectivity index (χ4n) is 1.96. The second-order valence-electron chi connectivity index (χ2n) is 4.79. The van der Waals surface area contributed by atoms with Crippen molar-refractivity contribution in [3.63, 3.8) is 0 Å². The summed E-state index contributed by atoms with van der Waals surface area (Å²) >= 11 is 6.05. The lowest BCUT2D eigenvalue weighted by molar-refractivity contribution is -0.116. The van der Waals surface area contributed by atoms with Crippen LogP contribution in [0.2, 0.25) is 5.02 Å². The number of anilines is 1. The van der Waals surface area contributed by atoms with Crippen molar-refractivity contribution in [2.45, 2.75) is 20.4 Å². The van der Waals surface area contributed by atoms with Gasteiger partial charge in [0.2, 0.25) is 5.91 Å². The van der Waals surface area contributed by atoms with E-state index < -0.39 is 0 Å². The molecule has 1 amide bonds. The van der Waals surface area contributed by atoms with Gasteiger partial charge in [0.25, 0.3) is 0 Å². The number of aromatic nitrogens is 2. The van der Waals surface area contributed by atoms with Crippen LogP contribution in [0.5, 0.6) is 5.75 Å². The van der Waals surface area contributed by atoms with Crippen LogP contribution in [-0.4, -0.2) is 34.0 Å². The van der Waals surface area contributed by atoms with Crippen molar-refractivity contribution in [3.8, 4) is 5.75 Å². The van der Waals surface area contributed by atoms with Crippen LogP contribution in [0.1, 0.15) is 11.4 Å². The zero-order chi connectivity index (χ0) is 16.1. The van der Waals surface area contributed by atoms with Gasteiger partial charge in [-0.05, 0) is 38.1 Å². The SMILES string of the molecule is Cc1nn(CC(=O)Nc2ccc(OCCO)cc2)c(C)c1Cl. The molecular weight excluding hydrogens is 306 g/mol. The topological polar surface area (TPSA) is 76.4 Å². The van der Waals surface area contributed by atoms with Crippen LogP contribution in [0.3, 0.4) is 0 Å². The Morgan fingerprint density at radius 1 is 1.36 bits per heavy atom. The van der Waals surface area contributed by atoms with Gasteiger partial charge in [0.15, 0.2) is 0 Å². The zero-order valence-corrected chi connectivity index (χ0v) is 13.2. The summed E-state index contributed by atoms with van der Waals surface area (Å²) in [5, 5.41) is 16.3. The number of halogens is 1. The molecular formula is C15H18ClN3O3. The average molecular weight is 324 g/mol. The summed E-state index contributed by atoms with van der Waals surface area (Å²) < 4.78 is 6.83. The molecule has 0 aliphatic carbocycles. The lowest BCUT2D eigenvalue weighted by Gasteiger charge is -2.08. The summed E-state index contributed by atoms with van der Waals surface area (Å²) in [6.45, 7) is 3.92. The van der Waals surface area contributed by atoms with E-state index in [9.17, 15) is 4.79 Å². The number of rotatable bonds is 6. The van der Waals surface area contributed by atoms with Crippen LogP contribution in [0.4, 0.5) is 5.69 Å². The van der Waals surface area contributed by atoms with Gasteiger partial charge in [0.1, 0.15) is 18.9 Å². The summed E-state index contributed by atoms with van der Waals surface area (Å²) in [6.07, 6.45) is 0. The summed E-state index contributed by atoms with van der Waals surface area (Å²) in [6, 6.07) is 6.93. The van der Waals surface area contributed by atoms with Crippen molar-refractivity contribution in [3.05, 3.63) is 40.7 Å². The van der Waals surface area contributed by atoms with Crippen LogP contribution in [0, 0.1) is 13.8 Å². The normalized spacial score (nSPS) is 10.5. The summed E-state index contributed by atoms with van der Waals surface area (Å²) in [7, 11) is 0. The van der Waals surface area contributed by atoms with Crippen LogP contribution in [0.15, 0.2) is 24.3 Å². The van der Waals surface area contributed by atoms with Crippen LogP contribution in [-0.2, 0) is 11.3 Å². The molecule has 118 valence electrons. The minimum absolute atomic E-state index is 0.0380. The van der Waals surface area contributed by atoms with Gasteiger partial charge < -0.3 is 15.2 Å². The standard InChI is InChI=1S/C15H18ClN3O3/c1-10-15(16)11(2)19(18-10)9-14(21)17-12-3-5-13(6-4-12)22-8-7-20/h3-6,20H,7-9H2,1-2H3,(H,17,21). The fourth-order valence-corrected chi connectivity index (χ4v) is 2.10. The molecule has 0 fully saturated rings. The number of carbonyl (C=O) groups is 1. The zero-order valence-electron chi connectivity index (χ0n) is 12.5. The minimum atomic E-state index is -0.189. The minimum Gasteiger partial charge on any atom is -0.491 e. The van der Waals surface area contributed by atoms with E-state index >= 15 is 0 Å². The average Bonchev–Trinajstić information content (AvgIpc) is 2.74. The fraction of sp³-hybridized carbons (Fsp3) is 0.333. The maximum absolute atomic E-state index is 12.0. The molecule has 22 heavy (non-hydrogen) atoms. The Kier molecular flexibility index (Phi) is 5.41. The molecule has 0 atom stereocenters. The Bertz CT molecular complexity index is 653. The van der Waals surface area contributed by atoms with Crippen LogP contribution in [0.25, 0.3) is 0 Å². The van der Waals surface area contributed by atoms with Crippen LogP contribution < -0.4 is 10.1 Å². The molecule has 7 heteroatoms. The molecule has 1 aromatic heterocycles. The van der Waals surface area contributed by atoms with Crippen molar-refractivity contribution in [2.24, 2.45) is 0 Å². The van der Waals surface area contributed by atoms with Gasteiger partial charge in [0.05, 0.1) is 23.0 Å². The molecule has 0 aliphatic heterocycles.